The summed E-state index contributed by atoms with van der Waals surface area (Å²) in [6.07, 6.45) is 0. The lowest BCUT2D eigenvalue weighted by Gasteiger charge is -2.15. The first kappa shape index (κ1) is 16.8. The third-order valence-electron chi connectivity index (χ3n) is 4.07. The molecule has 5 heteroatoms. The predicted octanol–water partition coefficient (Wildman–Crippen LogP) is 4.39. The molecule has 0 aliphatic rings. The number of ether oxygens (including phenoxy) is 2. The lowest BCUT2D eigenvalue weighted by molar-refractivity contribution is 0.0594. The number of pyridine rings is 1. The monoisotopic (exact) mass is 336 g/mol. The number of hydrogen-bond donors (Lipinski definition) is 1. The van der Waals surface area contributed by atoms with Crippen LogP contribution in [0.4, 0.5) is 11.4 Å². The molecule has 1 aromatic heterocycles. The zero-order valence-corrected chi connectivity index (χ0v) is 14.7. The van der Waals surface area contributed by atoms with E-state index in [1.807, 2.05) is 37.3 Å². The minimum atomic E-state index is -0.489. The molecule has 2 aromatic carbocycles. The number of esters is 1. The van der Waals surface area contributed by atoms with Crippen LogP contribution in [0, 0.1) is 13.8 Å². The summed E-state index contributed by atoms with van der Waals surface area (Å²) < 4.78 is 10.2. The van der Waals surface area contributed by atoms with Gasteiger partial charge in [-0.3, -0.25) is 0 Å². The van der Waals surface area contributed by atoms with Crippen LogP contribution in [-0.4, -0.2) is 25.2 Å². The third-order valence-corrected chi connectivity index (χ3v) is 4.07. The van der Waals surface area contributed by atoms with E-state index >= 15 is 0 Å². The Balaban J connectivity index is 2.19. The first-order valence-corrected chi connectivity index (χ1v) is 7.94. The predicted molar refractivity (Wildman–Crippen MR) is 98.8 cm³/mol. The number of nitrogens with one attached hydrogen (secondary N) is 1. The molecule has 0 unspecified atom stereocenters. The Labute approximate surface area is 146 Å². The molecule has 0 atom stereocenters. The molecule has 0 bridgehead atoms. The number of anilines is 2. The van der Waals surface area contributed by atoms with Crippen molar-refractivity contribution in [3.05, 3.63) is 59.3 Å². The van der Waals surface area contributed by atoms with Crippen LogP contribution in [-0.2, 0) is 4.74 Å². The highest BCUT2D eigenvalue weighted by Crippen LogP contribution is 2.32. The summed E-state index contributed by atoms with van der Waals surface area (Å²) in [6, 6.07) is 13.5. The molecule has 3 aromatic rings. The van der Waals surface area contributed by atoms with Gasteiger partial charge < -0.3 is 14.8 Å². The number of nitrogens with zero attached hydrogens (tertiary/aromatic N) is 1. The third kappa shape index (κ3) is 3.26. The average Bonchev–Trinajstić information content (AvgIpc) is 2.62. The van der Waals surface area contributed by atoms with Gasteiger partial charge in [0.25, 0.3) is 0 Å². The van der Waals surface area contributed by atoms with Crippen molar-refractivity contribution in [2.75, 3.05) is 19.5 Å². The van der Waals surface area contributed by atoms with Crippen LogP contribution in [0.2, 0.25) is 0 Å². The maximum absolute atomic E-state index is 12.0. The number of fused-ring (bicyclic) bond motifs is 1. The van der Waals surface area contributed by atoms with Crippen molar-refractivity contribution in [3.63, 3.8) is 0 Å². The van der Waals surface area contributed by atoms with Crippen LogP contribution in [0.1, 0.15) is 21.6 Å². The lowest BCUT2D eigenvalue weighted by atomic mass is 10.1. The Kier molecular flexibility index (Phi) is 4.57. The molecule has 0 spiro atoms. The molecule has 0 saturated carbocycles. The molecule has 0 aliphatic carbocycles. The number of aryl methyl sites for hydroxylation is 2. The molecule has 0 amide bonds. The summed E-state index contributed by atoms with van der Waals surface area (Å²) in [5, 5.41) is 4.28. The maximum Gasteiger partial charge on any atom is 0.356 e. The molecule has 128 valence electrons. The van der Waals surface area contributed by atoms with Crippen LogP contribution in [0.3, 0.4) is 0 Å². The SMILES string of the molecule is COC(=O)c1cc(Nc2ccc(C)cc2C)c2cccc(OC)c2n1. The fraction of sp³-hybridized carbons (Fsp3) is 0.200. The Hall–Kier alpha value is -3.08. The number of benzene rings is 2. The minimum absolute atomic E-state index is 0.228. The van der Waals surface area contributed by atoms with Gasteiger partial charge in [-0.1, -0.05) is 29.8 Å². The van der Waals surface area contributed by atoms with Gasteiger partial charge in [0.1, 0.15) is 11.3 Å². The van der Waals surface area contributed by atoms with E-state index in [1.165, 1.54) is 12.7 Å². The molecule has 0 saturated heterocycles. The number of methoxy groups -OCH3 is 2. The van der Waals surface area contributed by atoms with Crippen molar-refractivity contribution in [1.82, 2.24) is 4.98 Å². The van der Waals surface area contributed by atoms with Crippen molar-refractivity contribution < 1.29 is 14.3 Å². The molecule has 0 aliphatic heterocycles. The van der Waals surface area contributed by atoms with E-state index in [4.69, 9.17) is 9.47 Å². The first-order chi connectivity index (χ1) is 12.0. The van der Waals surface area contributed by atoms with Gasteiger partial charge in [-0.2, -0.15) is 0 Å². The largest absolute Gasteiger partial charge is 0.494 e. The summed E-state index contributed by atoms with van der Waals surface area (Å²) in [5.41, 5.74) is 4.90. The van der Waals surface area contributed by atoms with Crippen LogP contribution in [0.25, 0.3) is 10.9 Å². The van der Waals surface area contributed by atoms with Gasteiger partial charge in [-0.05, 0) is 37.6 Å². The standard InChI is InChI=1S/C20H20N2O3/c1-12-8-9-15(13(2)10-12)21-16-11-17(20(23)25-4)22-19-14(16)6-5-7-18(19)24-3/h5-11H,1-4H3,(H,21,22). The van der Waals surface area contributed by atoms with Crippen LogP contribution >= 0.6 is 0 Å². The summed E-state index contributed by atoms with van der Waals surface area (Å²) in [4.78, 5) is 16.4. The number of carbonyl (C=O) groups is 1. The van der Waals surface area contributed by atoms with E-state index < -0.39 is 5.97 Å². The molecular weight excluding hydrogens is 316 g/mol. The Morgan fingerprint density at radius 2 is 1.84 bits per heavy atom. The highest BCUT2D eigenvalue weighted by molar-refractivity contribution is 6.01. The molecule has 0 radical (unpaired) electrons. The number of rotatable bonds is 4. The highest BCUT2D eigenvalue weighted by atomic mass is 16.5. The quantitative estimate of drug-likeness (QED) is 0.716. The molecule has 1 N–H and O–H groups in total. The van der Waals surface area contributed by atoms with E-state index in [9.17, 15) is 4.79 Å². The van der Waals surface area contributed by atoms with Crippen molar-refractivity contribution in [1.29, 1.82) is 0 Å². The molecule has 1 heterocycles. The molecule has 0 fully saturated rings. The van der Waals surface area contributed by atoms with E-state index in [0.717, 1.165) is 22.3 Å². The second-order valence-corrected chi connectivity index (χ2v) is 5.85. The zero-order valence-electron chi connectivity index (χ0n) is 14.7. The number of carbonyl (C=O) groups excluding carboxylic acids is 1. The number of hydrogen-bond acceptors (Lipinski definition) is 5. The molecule has 25 heavy (non-hydrogen) atoms. The second-order valence-electron chi connectivity index (χ2n) is 5.85. The molecule has 5 nitrogen and oxygen atoms in total. The van der Waals surface area contributed by atoms with E-state index in [2.05, 4.69) is 23.3 Å². The molecule has 3 rings (SSSR count). The lowest BCUT2D eigenvalue weighted by Crippen LogP contribution is -2.06. The number of aromatic nitrogens is 1. The van der Waals surface area contributed by atoms with Gasteiger partial charge >= 0.3 is 5.97 Å². The maximum atomic E-state index is 12.0. The normalized spacial score (nSPS) is 10.6. The van der Waals surface area contributed by atoms with Gasteiger partial charge in [0, 0.05) is 11.1 Å². The van der Waals surface area contributed by atoms with Gasteiger partial charge in [0.2, 0.25) is 0 Å². The second kappa shape index (κ2) is 6.81. The van der Waals surface area contributed by atoms with Crippen molar-refractivity contribution in [2.45, 2.75) is 13.8 Å². The van der Waals surface area contributed by atoms with E-state index in [-0.39, 0.29) is 5.69 Å². The van der Waals surface area contributed by atoms with E-state index in [1.54, 1.807) is 13.2 Å². The van der Waals surface area contributed by atoms with Gasteiger partial charge in [-0.15, -0.1) is 0 Å². The molecular formula is C20H20N2O3. The van der Waals surface area contributed by atoms with Crippen LogP contribution in [0.5, 0.6) is 5.75 Å². The van der Waals surface area contributed by atoms with Crippen LogP contribution < -0.4 is 10.1 Å². The summed E-state index contributed by atoms with van der Waals surface area (Å²) in [7, 11) is 2.92. The summed E-state index contributed by atoms with van der Waals surface area (Å²) >= 11 is 0. The topological polar surface area (TPSA) is 60.5 Å². The smallest absolute Gasteiger partial charge is 0.356 e. The fourth-order valence-electron chi connectivity index (χ4n) is 2.80. The van der Waals surface area contributed by atoms with Gasteiger partial charge in [0.15, 0.2) is 5.69 Å². The van der Waals surface area contributed by atoms with Crippen molar-refractivity contribution >= 4 is 28.2 Å². The summed E-state index contributed by atoms with van der Waals surface area (Å²) in [6.45, 7) is 4.10. The zero-order chi connectivity index (χ0) is 18.0. The highest BCUT2D eigenvalue weighted by Gasteiger charge is 2.15. The van der Waals surface area contributed by atoms with Crippen molar-refractivity contribution in [2.24, 2.45) is 0 Å². The Morgan fingerprint density at radius 3 is 2.52 bits per heavy atom. The van der Waals surface area contributed by atoms with Gasteiger partial charge in [-0.25, -0.2) is 9.78 Å². The minimum Gasteiger partial charge on any atom is -0.494 e. The average molecular weight is 336 g/mol. The first-order valence-electron chi connectivity index (χ1n) is 7.94. The fourth-order valence-corrected chi connectivity index (χ4v) is 2.80. The van der Waals surface area contributed by atoms with E-state index in [0.29, 0.717) is 11.3 Å². The van der Waals surface area contributed by atoms with Crippen LogP contribution in [0.15, 0.2) is 42.5 Å². The van der Waals surface area contributed by atoms with Crippen molar-refractivity contribution in [3.8, 4) is 5.75 Å². The number of para-hydroxylation sites is 1. The Morgan fingerprint density at radius 1 is 1.04 bits per heavy atom. The Bertz CT molecular complexity index is 951. The summed E-state index contributed by atoms with van der Waals surface area (Å²) in [5.74, 6) is 0.114. The van der Waals surface area contributed by atoms with Gasteiger partial charge in [0.05, 0.1) is 19.9 Å².